The van der Waals surface area contributed by atoms with Crippen LogP contribution in [0.3, 0.4) is 0 Å². The van der Waals surface area contributed by atoms with Gasteiger partial charge in [0, 0.05) is 44.5 Å². The molecule has 1 amide bonds. The van der Waals surface area contributed by atoms with Crippen LogP contribution in [0, 0.1) is 0 Å². The predicted octanol–water partition coefficient (Wildman–Crippen LogP) is 2.90. The molecule has 1 aromatic carbocycles. The van der Waals surface area contributed by atoms with Crippen LogP contribution in [-0.2, 0) is 16.5 Å². The molecule has 0 saturated carbocycles. The Balaban J connectivity index is 1.89. The second-order valence-corrected chi connectivity index (χ2v) is 7.03. The van der Waals surface area contributed by atoms with Crippen molar-refractivity contribution in [2.75, 3.05) is 27.4 Å². The van der Waals surface area contributed by atoms with Crippen molar-refractivity contribution in [3.8, 4) is 11.1 Å². The van der Waals surface area contributed by atoms with Gasteiger partial charge in [-0.2, -0.15) is 5.10 Å². The van der Waals surface area contributed by atoms with Gasteiger partial charge in [0.25, 0.3) is 5.91 Å². The topological polar surface area (TPSA) is 73.7 Å². The standard InChI is InChI=1S/C21H27N3O4/c1-23-19(21(26)28-3)18(14-22-23)15-7-6-8-16(13-15)20(25)24-11-5-4-9-17(24)10-12-27-2/h6-8,13-14,17H,4-5,9-12H2,1-3H3/t17-/m0/s1. The number of likely N-dealkylation sites (tertiary alicyclic amines) is 1. The summed E-state index contributed by atoms with van der Waals surface area (Å²) < 4.78 is 11.6. The second kappa shape index (κ2) is 9.01. The number of rotatable bonds is 6. The van der Waals surface area contributed by atoms with Crippen LogP contribution in [0.5, 0.6) is 0 Å². The van der Waals surface area contributed by atoms with Crippen LogP contribution >= 0.6 is 0 Å². The lowest BCUT2D eigenvalue weighted by atomic mass is 9.97. The summed E-state index contributed by atoms with van der Waals surface area (Å²) in [5, 5.41) is 4.18. The van der Waals surface area contributed by atoms with Crippen molar-refractivity contribution in [2.45, 2.75) is 31.7 Å². The van der Waals surface area contributed by atoms with Crippen molar-refractivity contribution < 1.29 is 19.1 Å². The molecule has 1 aromatic heterocycles. The molecule has 28 heavy (non-hydrogen) atoms. The highest BCUT2D eigenvalue weighted by atomic mass is 16.5. The van der Waals surface area contributed by atoms with Crippen LogP contribution in [0.2, 0.25) is 0 Å². The average Bonchev–Trinajstić information content (AvgIpc) is 3.13. The predicted molar refractivity (Wildman–Crippen MR) is 105 cm³/mol. The van der Waals surface area contributed by atoms with Gasteiger partial charge in [-0.3, -0.25) is 9.48 Å². The van der Waals surface area contributed by atoms with Crippen LogP contribution in [0.4, 0.5) is 0 Å². The van der Waals surface area contributed by atoms with Gasteiger partial charge in [0.15, 0.2) is 5.69 Å². The van der Waals surface area contributed by atoms with Gasteiger partial charge in [-0.15, -0.1) is 0 Å². The van der Waals surface area contributed by atoms with E-state index in [9.17, 15) is 9.59 Å². The minimum absolute atomic E-state index is 0.0196. The van der Waals surface area contributed by atoms with Gasteiger partial charge >= 0.3 is 5.97 Å². The average molecular weight is 385 g/mol. The molecule has 0 spiro atoms. The molecule has 0 radical (unpaired) electrons. The molecule has 1 fully saturated rings. The number of hydrogen-bond acceptors (Lipinski definition) is 5. The van der Waals surface area contributed by atoms with E-state index in [0.29, 0.717) is 23.4 Å². The molecule has 1 saturated heterocycles. The number of methoxy groups -OCH3 is 2. The Morgan fingerprint density at radius 1 is 1.25 bits per heavy atom. The lowest BCUT2D eigenvalue weighted by Gasteiger charge is -2.36. The SMILES string of the molecule is COCC[C@@H]1CCCCN1C(=O)c1cccc(-c2cnn(C)c2C(=O)OC)c1. The van der Waals surface area contributed by atoms with E-state index in [1.165, 1.54) is 11.8 Å². The molecular formula is C21H27N3O4. The number of ether oxygens (including phenoxy) is 2. The van der Waals surface area contributed by atoms with E-state index in [4.69, 9.17) is 9.47 Å². The van der Waals surface area contributed by atoms with Gasteiger partial charge in [-0.25, -0.2) is 4.79 Å². The highest BCUT2D eigenvalue weighted by Gasteiger charge is 2.27. The first-order valence-corrected chi connectivity index (χ1v) is 9.57. The Kier molecular flexibility index (Phi) is 6.46. The summed E-state index contributed by atoms with van der Waals surface area (Å²) in [6.45, 7) is 1.41. The van der Waals surface area contributed by atoms with Gasteiger partial charge in [-0.1, -0.05) is 12.1 Å². The van der Waals surface area contributed by atoms with E-state index in [2.05, 4.69) is 5.10 Å². The van der Waals surface area contributed by atoms with E-state index in [0.717, 1.165) is 37.8 Å². The normalized spacial score (nSPS) is 16.8. The Morgan fingerprint density at radius 2 is 2.07 bits per heavy atom. The van der Waals surface area contributed by atoms with Crippen LogP contribution in [0.15, 0.2) is 30.5 Å². The van der Waals surface area contributed by atoms with Crippen molar-refractivity contribution in [1.29, 1.82) is 0 Å². The molecule has 1 atom stereocenters. The molecule has 0 unspecified atom stereocenters. The molecule has 0 N–H and O–H groups in total. The molecule has 1 aliphatic rings. The van der Waals surface area contributed by atoms with Gasteiger partial charge in [-0.05, 0) is 43.4 Å². The lowest BCUT2D eigenvalue weighted by Crippen LogP contribution is -2.44. The number of benzene rings is 1. The quantitative estimate of drug-likeness (QED) is 0.715. The second-order valence-electron chi connectivity index (χ2n) is 7.03. The number of aromatic nitrogens is 2. The number of carbonyl (C=O) groups is 2. The van der Waals surface area contributed by atoms with Gasteiger partial charge < -0.3 is 14.4 Å². The molecule has 7 heteroatoms. The maximum absolute atomic E-state index is 13.2. The minimum Gasteiger partial charge on any atom is -0.464 e. The molecule has 0 bridgehead atoms. The molecule has 1 aliphatic heterocycles. The highest BCUT2D eigenvalue weighted by molar-refractivity contribution is 5.98. The van der Waals surface area contributed by atoms with E-state index in [1.54, 1.807) is 20.4 Å². The third-order valence-corrected chi connectivity index (χ3v) is 5.28. The van der Waals surface area contributed by atoms with Crippen LogP contribution in [-0.4, -0.2) is 60.0 Å². The van der Waals surface area contributed by atoms with Crippen LogP contribution in [0.1, 0.15) is 46.5 Å². The molecule has 2 heterocycles. The monoisotopic (exact) mass is 385 g/mol. The molecule has 7 nitrogen and oxygen atoms in total. The van der Waals surface area contributed by atoms with E-state index in [-0.39, 0.29) is 11.9 Å². The van der Waals surface area contributed by atoms with E-state index in [1.807, 2.05) is 29.2 Å². The Bertz CT molecular complexity index is 846. The Hall–Kier alpha value is -2.67. The smallest absolute Gasteiger partial charge is 0.356 e. The van der Waals surface area contributed by atoms with Crippen molar-refractivity contribution in [3.05, 3.63) is 41.7 Å². The maximum Gasteiger partial charge on any atom is 0.356 e. The highest BCUT2D eigenvalue weighted by Crippen LogP contribution is 2.27. The minimum atomic E-state index is -0.456. The number of carbonyl (C=O) groups excluding carboxylic acids is 2. The molecular weight excluding hydrogens is 358 g/mol. The van der Waals surface area contributed by atoms with Crippen LogP contribution < -0.4 is 0 Å². The summed E-state index contributed by atoms with van der Waals surface area (Å²) >= 11 is 0. The Morgan fingerprint density at radius 3 is 2.82 bits per heavy atom. The summed E-state index contributed by atoms with van der Waals surface area (Å²) in [5.41, 5.74) is 2.40. The van der Waals surface area contributed by atoms with Crippen molar-refractivity contribution >= 4 is 11.9 Å². The number of hydrogen-bond donors (Lipinski definition) is 0. The number of nitrogens with zero attached hydrogens (tertiary/aromatic N) is 3. The molecule has 3 rings (SSSR count). The van der Waals surface area contributed by atoms with E-state index < -0.39 is 5.97 Å². The zero-order chi connectivity index (χ0) is 20.1. The zero-order valence-electron chi connectivity index (χ0n) is 16.7. The summed E-state index contributed by atoms with van der Waals surface area (Å²) in [5.74, 6) is -0.437. The summed E-state index contributed by atoms with van der Waals surface area (Å²) in [4.78, 5) is 27.3. The number of amides is 1. The first-order valence-electron chi connectivity index (χ1n) is 9.57. The molecule has 2 aromatic rings. The third-order valence-electron chi connectivity index (χ3n) is 5.28. The van der Waals surface area contributed by atoms with Gasteiger partial charge in [0.2, 0.25) is 0 Å². The van der Waals surface area contributed by atoms with Crippen molar-refractivity contribution in [2.24, 2.45) is 7.05 Å². The first kappa shape index (κ1) is 20.1. The fourth-order valence-electron chi connectivity index (χ4n) is 3.80. The van der Waals surface area contributed by atoms with E-state index >= 15 is 0 Å². The van der Waals surface area contributed by atoms with Gasteiger partial charge in [0.05, 0.1) is 13.3 Å². The summed E-state index contributed by atoms with van der Waals surface area (Å²) in [7, 11) is 4.72. The number of piperidine rings is 1. The fraction of sp³-hybridized carbons (Fsp3) is 0.476. The first-order chi connectivity index (χ1) is 13.6. The Labute approximate surface area is 165 Å². The molecule has 0 aliphatic carbocycles. The fourth-order valence-corrected chi connectivity index (χ4v) is 3.80. The summed E-state index contributed by atoms with van der Waals surface area (Å²) in [6, 6.07) is 7.56. The van der Waals surface area contributed by atoms with Crippen molar-refractivity contribution in [1.82, 2.24) is 14.7 Å². The maximum atomic E-state index is 13.2. The molecule has 150 valence electrons. The van der Waals surface area contributed by atoms with Gasteiger partial charge in [0.1, 0.15) is 0 Å². The van der Waals surface area contributed by atoms with Crippen LogP contribution in [0.25, 0.3) is 11.1 Å². The largest absolute Gasteiger partial charge is 0.464 e. The van der Waals surface area contributed by atoms with Crippen molar-refractivity contribution in [3.63, 3.8) is 0 Å². The lowest BCUT2D eigenvalue weighted by molar-refractivity contribution is 0.0551. The third kappa shape index (κ3) is 4.09. The number of aryl methyl sites for hydroxylation is 1. The summed E-state index contributed by atoms with van der Waals surface area (Å²) in [6.07, 6.45) is 5.62. The zero-order valence-corrected chi connectivity index (χ0v) is 16.7. The number of esters is 1.